The molecule has 0 saturated carbocycles. The van der Waals surface area contributed by atoms with Crippen LogP contribution in [0.3, 0.4) is 0 Å². The number of rotatable bonds is 4. The number of aromatic nitrogens is 1. The van der Waals surface area contributed by atoms with Gasteiger partial charge in [0.2, 0.25) is 0 Å². The minimum atomic E-state index is -1.11. The Labute approximate surface area is 139 Å². The van der Waals surface area contributed by atoms with Crippen molar-refractivity contribution in [2.75, 3.05) is 0 Å². The highest BCUT2D eigenvalue weighted by Gasteiger charge is 2.16. The summed E-state index contributed by atoms with van der Waals surface area (Å²) in [5.41, 5.74) is 3.59. The van der Waals surface area contributed by atoms with Gasteiger partial charge in [0.1, 0.15) is 5.69 Å². The maximum Gasteiger partial charge on any atom is 0.352 e. The molecule has 0 fully saturated rings. The maximum absolute atomic E-state index is 12.7. The molecule has 0 aliphatic heterocycles. The highest BCUT2D eigenvalue weighted by Crippen LogP contribution is 2.27. The molecule has 4 heteroatoms. The van der Waals surface area contributed by atoms with Gasteiger partial charge in [-0.3, -0.25) is 4.79 Å². The molecule has 0 unspecified atom stereocenters. The van der Waals surface area contributed by atoms with E-state index in [1.807, 2.05) is 42.5 Å². The summed E-state index contributed by atoms with van der Waals surface area (Å²) in [7, 11) is 0. The van der Waals surface area contributed by atoms with Crippen molar-refractivity contribution >= 4 is 16.9 Å². The molecule has 122 valence electrons. The largest absolute Gasteiger partial charge is 0.477 e. The van der Waals surface area contributed by atoms with Crippen molar-refractivity contribution in [1.29, 1.82) is 0 Å². The molecule has 0 spiro atoms. The van der Waals surface area contributed by atoms with E-state index in [0.717, 1.165) is 29.5 Å². The fourth-order valence-corrected chi connectivity index (χ4v) is 3.04. The van der Waals surface area contributed by atoms with Crippen LogP contribution in [0.4, 0.5) is 0 Å². The van der Waals surface area contributed by atoms with E-state index in [-0.39, 0.29) is 16.7 Å². The van der Waals surface area contributed by atoms with Crippen LogP contribution in [-0.2, 0) is 6.42 Å². The van der Waals surface area contributed by atoms with Gasteiger partial charge in [-0.1, -0.05) is 43.7 Å². The lowest BCUT2D eigenvalue weighted by Gasteiger charge is -2.12. The van der Waals surface area contributed by atoms with Gasteiger partial charge >= 0.3 is 5.97 Å². The topological polar surface area (TPSA) is 70.2 Å². The first-order valence-electron chi connectivity index (χ1n) is 8.01. The molecule has 0 aliphatic carbocycles. The van der Waals surface area contributed by atoms with E-state index < -0.39 is 5.97 Å². The second-order valence-corrected chi connectivity index (χ2v) is 5.93. The van der Waals surface area contributed by atoms with Crippen LogP contribution in [0.25, 0.3) is 22.0 Å². The van der Waals surface area contributed by atoms with Gasteiger partial charge in [-0.25, -0.2) is 4.79 Å². The van der Waals surface area contributed by atoms with Crippen LogP contribution in [0.15, 0.2) is 47.3 Å². The van der Waals surface area contributed by atoms with Gasteiger partial charge in [0.05, 0.1) is 5.52 Å². The molecule has 0 saturated heterocycles. The Morgan fingerprint density at radius 2 is 1.83 bits per heavy atom. The van der Waals surface area contributed by atoms with Crippen molar-refractivity contribution in [3.8, 4) is 11.1 Å². The average Bonchev–Trinajstić information content (AvgIpc) is 2.59. The number of aryl methyl sites for hydroxylation is 1. The standard InChI is InChI=1S/C20H19NO3/c1-3-7-14-10-15(13-8-5-4-6-9-13)11-16-18(14)21-17(20(23)24)12(2)19(16)22/h4-6,8-11H,3,7H2,1-2H3,(H,21,22)(H,23,24). The number of fused-ring (bicyclic) bond motifs is 1. The summed E-state index contributed by atoms with van der Waals surface area (Å²) >= 11 is 0. The lowest BCUT2D eigenvalue weighted by Crippen LogP contribution is -2.16. The quantitative estimate of drug-likeness (QED) is 0.758. The number of aromatic carboxylic acids is 1. The zero-order valence-electron chi connectivity index (χ0n) is 13.7. The van der Waals surface area contributed by atoms with E-state index in [1.54, 1.807) is 6.92 Å². The van der Waals surface area contributed by atoms with Crippen molar-refractivity contribution in [2.24, 2.45) is 0 Å². The lowest BCUT2D eigenvalue weighted by atomic mass is 9.96. The molecule has 0 bridgehead atoms. The third-order valence-electron chi connectivity index (χ3n) is 4.27. The third kappa shape index (κ3) is 2.71. The van der Waals surface area contributed by atoms with E-state index in [1.165, 1.54) is 0 Å². The van der Waals surface area contributed by atoms with Gasteiger partial charge < -0.3 is 10.1 Å². The number of carboxylic acid groups (broad SMARTS) is 1. The molecule has 0 aliphatic rings. The summed E-state index contributed by atoms with van der Waals surface area (Å²) in [5.74, 6) is -1.11. The van der Waals surface area contributed by atoms with Crippen LogP contribution in [-0.4, -0.2) is 16.1 Å². The van der Waals surface area contributed by atoms with Crippen molar-refractivity contribution < 1.29 is 9.90 Å². The van der Waals surface area contributed by atoms with Gasteiger partial charge in [-0.05, 0) is 42.2 Å². The molecule has 2 N–H and O–H groups in total. The first-order valence-corrected chi connectivity index (χ1v) is 8.01. The number of hydrogen-bond donors (Lipinski definition) is 2. The van der Waals surface area contributed by atoms with Crippen LogP contribution < -0.4 is 5.43 Å². The molecule has 0 radical (unpaired) electrons. The van der Waals surface area contributed by atoms with Crippen molar-refractivity contribution in [1.82, 2.24) is 4.98 Å². The van der Waals surface area contributed by atoms with Crippen LogP contribution in [0.1, 0.15) is 35.0 Å². The fourth-order valence-electron chi connectivity index (χ4n) is 3.04. The number of H-pyrrole nitrogens is 1. The third-order valence-corrected chi connectivity index (χ3v) is 4.27. The number of hydrogen-bond acceptors (Lipinski definition) is 2. The number of pyridine rings is 1. The SMILES string of the molecule is CCCc1cc(-c2ccccc2)cc2c(=O)c(C)c(C(=O)O)[nH]c12. The maximum atomic E-state index is 12.7. The Bertz CT molecular complexity index is 972. The lowest BCUT2D eigenvalue weighted by molar-refractivity contribution is 0.0690. The number of carbonyl (C=O) groups is 1. The molecule has 2 aromatic carbocycles. The summed E-state index contributed by atoms with van der Waals surface area (Å²) in [5, 5.41) is 9.88. The predicted molar refractivity (Wildman–Crippen MR) is 95.7 cm³/mol. The van der Waals surface area contributed by atoms with Gasteiger partial charge in [-0.2, -0.15) is 0 Å². The monoisotopic (exact) mass is 321 g/mol. The summed E-state index contributed by atoms with van der Waals surface area (Å²) < 4.78 is 0. The normalized spacial score (nSPS) is 10.9. The first-order chi connectivity index (χ1) is 11.5. The van der Waals surface area contributed by atoms with Gasteiger partial charge in [0.25, 0.3) is 0 Å². The van der Waals surface area contributed by atoms with Crippen molar-refractivity contribution in [2.45, 2.75) is 26.7 Å². The Kier molecular flexibility index (Phi) is 4.21. The van der Waals surface area contributed by atoms with Gasteiger partial charge in [-0.15, -0.1) is 0 Å². The Hall–Kier alpha value is -2.88. The van der Waals surface area contributed by atoms with E-state index in [9.17, 15) is 14.7 Å². The molecule has 3 rings (SSSR count). The van der Waals surface area contributed by atoms with E-state index in [0.29, 0.717) is 10.9 Å². The van der Waals surface area contributed by atoms with Crippen LogP contribution in [0, 0.1) is 6.92 Å². The number of aromatic amines is 1. The molecule has 1 aromatic heterocycles. The molecule has 3 aromatic rings. The van der Waals surface area contributed by atoms with Crippen molar-refractivity contribution in [3.05, 3.63) is 69.5 Å². The Morgan fingerprint density at radius 1 is 1.12 bits per heavy atom. The summed E-state index contributed by atoms with van der Waals surface area (Å²) in [6, 6.07) is 13.8. The molecule has 1 heterocycles. The van der Waals surface area contributed by atoms with Crippen molar-refractivity contribution in [3.63, 3.8) is 0 Å². The van der Waals surface area contributed by atoms with Gasteiger partial charge in [0, 0.05) is 10.9 Å². The molecule has 0 atom stereocenters. The summed E-state index contributed by atoms with van der Waals surface area (Å²) in [6.07, 6.45) is 1.68. The number of nitrogens with one attached hydrogen (secondary N) is 1. The van der Waals surface area contributed by atoms with Gasteiger partial charge in [0.15, 0.2) is 5.43 Å². The number of benzene rings is 2. The smallest absolute Gasteiger partial charge is 0.352 e. The van der Waals surface area contributed by atoms with E-state index >= 15 is 0 Å². The van der Waals surface area contributed by atoms with E-state index in [2.05, 4.69) is 11.9 Å². The summed E-state index contributed by atoms with van der Waals surface area (Å²) in [4.78, 5) is 27.1. The molecule has 0 amide bonds. The average molecular weight is 321 g/mol. The highest BCUT2D eigenvalue weighted by atomic mass is 16.4. The predicted octanol–water partition coefficient (Wildman–Crippen LogP) is 4.15. The molecule has 4 nitrogen and oxygen atoms in total. The molecular weight excluding hydrogens is 302 g/mol. The Morgan fingerprint density at radius 3 is 2.46 bits per heavy atom. The number of carboxylic acids is 1. The Balaban J connectivity index is 2.38. The summed E-state index contributed by atoms with van der Waals surface area (Å²) in [6.45, 7) is 3.61. The first kappa shape index (κ1) is 16.0. The minimum absolute atomic E-state index is 0.0303. The van der Waals surface area contributed by atoms with Crippen LogP contribution in [0.5, 0.6) is 0 Å². The fraction of sp³-hybridized carbons (Fsp3) is 0.200. The second-order valence-electron chi connectivity index (χ2n) is 5.93. The van der Waals surface area contributed by atoms with E-state index in [4.69, 9.17) is 0 Å². The molecule has 24 heavy (non-hydrogen) atoms. The van der Waals surface area contributed by atoms with Crippen LogP contribution >= 0.6 is 0 Å². The zero-order valence-corrected chi connectivity index (χ0v) is 13.7. The molecular formula is C20H19NO3. The highest BCUT2D eigenvalue weighted by molar-refractivity contribution is 5.94. The zero-order chi connectivity index (χ0) is 17.3. The minimum Gasteiger partial charge on any atom is -0.477 e. The van der Waals surface area contributed by atoms with Crippen LogP contribution in [0.2, 0.25) is 0 Å². The second kappa shape index (κ2) is 6.32.